The summed E-state index contributed by atoms with van der Waals surface area (Å²) >= 11 is 0. The molecule has 0 aliphatic carbocycles. The van der Waals surface area contributed by atoms with Crippen molar-refractivity contribution in [1.29, 1.82) is 0 Å². The average Bonchev–Trinajstić information content (AvgIpc) is 2.33. The third-order valence-corrected chi connectivity index (χ3v) is 2.19. The number of hydrogen-bond donors (Lipinski definition) is 2. The molecule has 0 aromatic heterocycles. The Bertz CT molecular complexity index is 236. The van der Waals surface area contributed by atoms with Crippen LogP contribution in [-0.4, -0.2) is 24.9 Å². The zero-order chi connectivity index (χ0) is 12.9. The number of unbranched alkanes of at least 4 members (excludes halogenated alkanes) is 2. The van der Waals surface area contributed by atoms with Crippen LogP contribution in [0.2, 0.25) is 0 Å². The van der Waals surface area contributed by atoms with Crippen LogP contribution in [0.3, 0.4) is 0 Å². The van der Waals surface area contributed by atoms with Crippen molar-refractivity contribution in [3.63, 3.8) is 0 Å². The first-order chi connectivity index (χ1) is 8.20. The molecule has 0 aromatic carbocycles. The summed E-state index contributed by atoms with van der Waals surface area (Å²) in [6.07, 6.45) is 6.87. The van der Waals surface area contributed by atoms with Crippen molar-refractivity contribution in [1.82, 2.24) is 10.6 Å². The Kier molecular flexibility index (Phi) is 9.91. The van der Waals surface area contributed by atoms with Crippen LogP contribution >= 0.6 is 0 Å². The third kappa shape index (κ3) is 10.7. The largest absolute Gasteiger partial charge is 0.353 e. The molecule has 0 atom stereocenters. The van der Waals surface area contributed by atoms with Gasteiger partial charge in [-0.05, 0) is 12.8 Å². The number of nitrogens with one attached hydrogen (secondary N) is 2. The van der Waals surface area contributed by atoms with Crippen molar-refractivity contribution >= 4 is 11.8 Å². The number of carbonyl (C=O) groups excluding carboxylic acids is 2. The van der Waals surface area contributed by atoms with Gasteiger partial charge in [-0.3, -0.25) is 9.59 Å². The minimum Gasteiger partial charge on any atom is -0.353 e. The predicted molar refractivity (Wildman–Crippen MR) is 69.5 cm³/mol. The second-order valence-electron chi connectivity index (χ2n) is 3.75. The lowest BCUT2D eigenvalue weighted by atomic mass is 10.1. The standard InChI is InChI=1S/C13H22N2O2/c1-3-10-14-12(16)8-6-5-7-9-13(17)15-11-4-2/h3-4H,1-2,5-11H2,(H,14,16)(H,15,17). The summed E-state index contributed by atoms with van der Waals surface area (Å²) in [5, 5.41) is 5.43. The summed E-state index contributed by atoms with van der Waals surface area (Å²) in [5.74, 6) is 0.0852. The molecule has 0 spiro atoms. The van der Waals surface area contributed by atoms with Gasteiger partial charge < -0.3 is 10.6 Å². The highest BCUT2D eigenvalue weighted by Gasteiger charge is 2.01. The fourth-order valence-electron chi connectivity index (χ4n) is 1.30. The van der Waals surface area contributed by atoms with Crippen LogP contribution in [0.25, 0.3) is 0 Å². The van der Waals surface area contributed by atoms with Crippen LogP contribution in [-0.2, 0) is 9.59 Å². The molecule has 0 aliphatic heterocycles. The van der Waals surface area contributed by atoms with Crippen molar-refractivity contribution in [2.24, 2.45) is 0 Å². The van der Waals surface area contributed by atoms with Crippen molar-refractivity contribution in [3.05, 3.63) is 25.3 Å². The molecular weight excluding hydrogens is 216 g/mol. The van der Waals surface area contributed by atoms with Gasteiger partial charge in [-0.2, -0.15) is 0 Å². The van der Waals surface area contributed by atoms with Crippen molar-refractivity contribution in [2.75, 3.05) is 13.1 Å². The molecule has 0 bridgehead atoms. The molecule has 0 radical (unpaired) electrons. The third-order valence-electron chi connectivity index (χ3n) is 2.19. The summed E-state index contributed by atoms with van der Waals surface area (Å²) in [4.78, 5) is 22.4. The molecule has 4 heteroatoms. The number of carbonyl (C=O) groups is 2. The van der Waals surface area contributed by atoms with E-state index in [4.69, 9.17) is 0 Å². The van der Waals surface area contributed by atoms with Gasteiger partial charge in [0.1, 0.15) is 0 Å². The maximum absolute atomic E-state index is 11.2. The topological polar surface area (TPSA) is 58.2 Å². The minimum absolute atomic E-state index is 0.0426. The highest BCUT2D eigenvalue weighted by atomic mass is 16.2. The Balaban J connectivity index is 3.33. The Morgan fingerprint density at radius 2 is 1.24 bits per heavy atom. The lowest BCUT2D eigenvalue weighted by molar-refractivity contribution is -0.121. The lowest BCUT2D eigenvalue weighted by Crippen LogP contribution is -2.23. The van der Waals surface area contributed by atoms with E-state index in [1.165, 1.54) is 0 Å². The minimum atomic E-state index is 0.0426. The number of amides is 2. The first-order valence-electron chi connectivity index (χ1n) is 5.96. The molecule has 0 heterocycles. The van der Waals surface area contributed by atoms with Crippen LogP contribution in [0.15, 0.2) is 25.3 Å². The highest BCUT2D eigenvalue weighted by Crippen LogP contribution is 2.02. The maximum atomic E-state index is 11.2. The van der Waals surface area contributed by atoms with Crippen molar-refractivity contribution < 1.29 is 9.59 Å². The van der Waals surface area contributed by atoms with Gasteiger partial charge in [-0.25, -0.2) is 0 Å². The van der Waals surface area contributed by atoms with E-state index in [9.17, 15) is 9.59 Å². The van der Waals surface area contributed by atoms with Gasteiger partial charge in [0.15, 0.2) is 0 Å². The summed E-state index contributed by atoms with van der Waals surface area (Å²) in [5.41, 5.74) is 0. The molecule has 0 unspecified atom stereocenters. The number of rotatable bonds is 10. The predicted octanol–water partition coefficient (Wildman–Crippen LogP) is 1.54. The van der Waals surface area contributed by atoms with Crippen LogP contribution in [0.5, 0.6) is 0 Å². The molecule has 0 aromatic rings. The summed E-state index contributed by atoms with van der Waals surface area (Å²) < 4.78 is 0. The maximum Gasteiger partial charge on any atom is 0.220 e. The van der Waals surface area contributed by atoms with Gasteiger partial charge in [0, 0.05) is 25.9 Å². The summed E-state index contributed by atoms with van der Waals surface area (Å²) in [6.45, 7) is 8.07. The summed E-state index contributed by atoms with van der Waals surface area (Å²) in [7, 11) is 0. The first kappa shape index (κ1) is 15.4. The smallest absolute Gasteiger partial charge is 0.220 e. The van der Waals surface area contributed by atoms with E-state index < -0.39 is 0 Å². The molecule has 0 saturated heterocycles. The van der Waals surface area contributed by atoms with Crippen molar-refractivity contribution in [2.45, 2.75) is 32.1 Å². The molecule has 0 fully saturated rings. The Morgan fingerprint density at radius 3 is 1.59 bits per heavy atom. The molecule has 17 heavy (non-hydrogen) atoms. The molecule has 0 aliphatic rings. The molecule has 96 valence electrons. The normalized spacial score (nSPS) is 9.41. The van der Waals surface area contributed by atoms with Crippen LogP contribution in [0.4, 0.5) is 0 Å². The first-order valence-corrected chi connectivity index (χ1v) is 5.96. The Labute approximate surface area is 103 Å². The van der Waals surface area contributed by atoms with Gasteiger partial charge >= 0.3 is 0 Å². The quantitative estimate of drug-likeness (QED) is 0.448. The van der Waals surface area contributed by atoms with Crippen LogP contribution in [0.1, 0.15) is 32.1 Å². The fourth-order valence-corrected chi connectivity index (χ4v) is 1.30. The van der Waals surface area contributed by atoms with E-state index in [1.807, 2.05) is 0 Å². The fraction of sp³-hybridized carbons (Fsp3) is 0.538. The highest BCUT2D eigenvalue weighted by molar-refractivity contribution is 5.76. The van der Waals surface area contributed by atoms with Gasteiger partial charge in [-0.15, -0.1) is 13.2 Å². The Morgan fingerprint density at radius 1 is 0.824 bits per heavy atom. The molecule has 0 saturated carbocycles. The second kappa shape index (κ2) is 10.9. The van der Waals surface area contributed by atoms with Crippen molar-refractivity contribution in [3.8, 4) is 0 Å². The lowest BCUT2D eigenvalue weighted by Gasteiger charge is -2.03. The Hall–Kier alpha value is -1.58. The average molecular weight is 238 g/mol. The van der Waals surface area contributed by atoms with Gasteiger partial charge in [0.05, 0.1) is 0 Å². The van der Waals surface area contributed by atoms with Gasteiger partial charge in [0.25, 0.3) is 0 Å². The molecular formula is C13H22N2O2. The molecule has 2 N–H and O–H groups in total. The zero-order valence-corrected chi connectivity index (χ0v) is 10.3. The van der Waals surface area contributed by atoms with E-state index in [1.54, 1.807) is 12.2 Å². The SMILES string of the molecule is C=CCNC(=O)CCCCCC(=O)NCC=C. The van der Waals surface area contributed by atoms with Gasteiger partial charge in [-0.1, -0.05) is 18.6 Å². The zero-order valence-electron chi connectivity index (χ0n) is 10.3. The van der Waals surface area contributed by atoms with E-state index in [-0.39, 0.29) is 11.8 Å². The van der Waals surface area contributed by atoms with E-state index in [0.717, 1.165) is 19.3 Å². The number of hydrogen-bond acceptors (Lipinski definition) is 2. The molecule has 2 amide bonds. The van der Waals surface area contributed by atoms with E-state index in [0.29, 0.717) is 25.9 Å². The van der Waals surface area contributed by atoms with Crippen LogP contribution < -0.4 is 10.6 Å². The molecule has 0 rings (SSSR count). The van der Waals surface area contributed by atoms with E-state index in [2.05, 4.69) is 23.8 Å². The second-order valence-corrected chi connectivity index (χ2v) is 3.75. The monoisotopic (exact) mass is 238 g/mol. The van der Waals surface area contributed by atoms with E-state index >= 15 is 0 Å². The van der Waals surface area contributed by atoms with Crippen LogP contribution in [0, 0.1) is 0 Å². The summed E-state index contributed by atoms with van der Waals surface area (Å²) in [6, 6.07) is 0. The molecule has 4 nitrogen and oxygen atoms in total. The van der Waals surface area contributed by atoms with Gasteiger partial charge in [0.2, 0.25) is 11.8 Å².